The molecule has 1 saturated heterocycles. The predicted molar refractivity (Wildman–Crippen MR) is 80.8 cm³/mol. The average molecular weight is 271 g/mol. The molecule has 2 heteroatoms. The highest BCUT2D eigenvalue weighted by Crippen LogP contribution is 2.50. The molecule has 1 N–H and O–H groups in total. The first-order valence-electron chi connectivity index (χ1n) is 8.27. The van der Waals surface area contributed by atoms with Crippen LogP contribution in [0.2, 0.25) is 0 Å². The Morgan fingerprint density at radius 1 is 1.15 bits per heavy atom. The number of nitrogens with one attached hydrogen (secondary N) is 1. The topological polar surface area (TPSA) is 21.3 Å². The summed E-state index contributed by atoms with van der Waals surface area (Å²) >= 11 is 0. The fraction of sp³-hybridized carbons (Fsp3) is 0.667. The largest absolute Gasteiger partial charge is 0.369 e. The summed E-state index contributed by atoms with van der Waals surface area (Å²) in [7, 11) is 0. The summed E-state index contributed by atoms with van der Waals surface area (Å²) < 4.78 is 6.70. The van der Waals surface area contributed by atoms with Gasteiger partial charge in [0.05, 0.1) is 11.7 Å². The van der Waals surface area contributed by atoms with E-state index in [-0.39, 0.29) is 5.60 Å². The normalized spacial score (nSPS) is 39.5. The summed E-state index contributed by atoms with van der Waals surface area (Å²) in [5.41, 5.74) is 3.25. The number of rotatable bonds is 1. The summed E-state index contributed by atoms with van der Waals surface area (Å²) in [4.78, 5) is 0. The second-order valence-corrected chi connectivity index (χ2v) is 6.88. The van der Waals surface area contributed by atoms with Gasteiger partial charge in [-0.05, 0) is 55.1 Å². The highest BCUT2D eigenvalue weighted by molar-refractivity contribution is 5.32. The van der Waals surface area contributed by atoms with Gasteiger partial charge < -0.3 is 10.1 Å². The van der Waals surface area contributed by atoms with Gasteiger partial charge in [0.15, 0.2) is 0 Å². The van der Waals surface area contributed by atoms with Gasteiger partial charge >= 0.3 is 0 Å². The van der Waals surface area contributed by atoms with Crippen LogP contribution in [0.1, 0.15) is 37.3 Å². The van der Waals surface area contributed by atoms with Crippen LogP contribution in [0.3, 0.4) is 0 Å². The number of hydrogen-bond acceptors (Lipinski definition) is 2. The third kappa shape index (κ3) is 1.85. The van der Waals surface area contributed by atoms with Crippen molar-refractivity contribution in [3.8, 4) is 0 Å². The van der Waals surface area contributed by atoms with Crippen molar-refractivity contribution in [3.63, 3.8) is 0 Å². The number of benzene rings is 1. The minimum absolute atomic E-state index is 0.109. The second-order valence-electron chi connectivity index (χ2n) is 6.88. The van der Waals surface area contributed by atoms with Crippen molar-refractivity contribution in [1.29, 1.82) is 0 Å². The number of fused-ring (bicyclic) bond motifs is 1. The second kappa shape index (κ2) is 4.85. The maximum Gasteiger partial charge on any atom is 0.0872 e. The standard InChI is InChI=1S/C18H25NO/c1-2-17-11-19-12-18(20-17)15-7-8-16(18)10-14-6-4-3-5-13(14)9-15/h3-6,15-17,19H,2,7-12H2,1H3. The van der Waals surface area contributed by atoms with Crippen LogP contribution < -0.4 is 5.32 Å². The van der Waals surface area contributed by atoms with Gasteiger partial charge in [0.25, 0.3) is 0 Å². The Kier molecular flexibility index (Phi) is 3.12. The lowest BCUT2D eigenvalue weighted by Crippen LogP contribution is -2.59. The molecule has 2 aliphatic carbocycles. The van der Waals surface area contributed by atoms with E-state index in [4.69, 9.17) is 4.74 Å². The Morgan fingerprint density at radius 2 is 1.80 bits per heavy atom. The van der Waals surface area contributed by atoms with Crippen LogP contribution in [0.5, 0.6) is 0 Å². The molecular weight excluding hydrogens is 246 g/mol. The third-order valence-corrected chi connectivity index (χ3v) is 5.91. The van der Waals surface area contributed by atoms with E-state index in [0.29, 0.717) is 17.9 Å². The fourth-order valence-corrected chi connectivity index (χ4v) is 4.79. The van der Waals surface area contributed by atoms with Crippen molar-refractivity contribution in [1.82, 2.24) is 5.32 Å². The first-order valence-corrected chi connectivity index (χ1v) is 8.27. The van der Waals surface area contributed by atoms with Crippen LogP contribution in [0.15, 0.2) is 24.3 Å². The Hall–Kier alpha value is -0.860. The maximum atomic E-state index is 6.70. The summed E-state index contributed by atoms with van der Waals surface area (Å²) in [6.45, 7) is 4.34. The van der Waals surface area contributed by atoms with Crippen LogP contribution in [-0.2, 0) is 17.6 Å². The van der Waals surface area contributed by atoms with Gasteiger partial charge in [-0.2, -0.15) is 0 Å². The third-order valence-electron chi connectivity index (χ3n) is 5.91. The highest BCUT2D eigenvalue weighted by atomic mass is 16.5. The zero-order valence-corrected chi connectivity index (χ0v) is 12.4. The van der Waals surface area contributed by atoms with Gasteiger partial charge in [-0.3, -0.25) is 0 Å². The van der Waals surface area contributed by atoms with Crippen molar-refractivity contribution in [2.75, 3.05) is 13.1 Å². The van der Waals surface area contributed by atoms with Crippen LogP contribution in [0, 0.1) is 11.8 Å². The smallest absolute Gasteiger partial charge is 0.0872 e. The van der Waals surface area contributed by atoms with E-state index in [9.17, 15) is 0 Å². The Balaban J connectivity index is 1.70. The molecule has 1 aromatic rings. The Bertz CT molecular complexity index is 465. The minimum atomic E-state index is 0.109. The van der Waals surface area contributed by atoms with E-state index in [1.165, 1.54) is 25.7 Å². The molecule has 1 aromatic carbocycles. The lowest BCUT2D eigenvalue weighted by atomic mass is 9.80. The molecule has 2 fully saturated rings. The molecule has 0 radical (unpaired) electrons. The monoisotopic (exact) mass is 271 g/mol. The summed E-state index contributed by atoms with van der Waals surface area (Å²) in [5.74, 6) is 1.41. The molecule has 2 nitrogen and oxygen atoms in total. The van der Waals surface area contributed by atoms with Crippen molar-refractivity contribution in [2.24, 2.45) is 11.8 Å². The van der Waals surface area contributed by atoms with Gasteiger partial charge in [-0.25, -0.2) is 0 Å². The molecule has 0 amide bonds. The Labute approximate surface area is 121 Å². The van der Waals surface area contributed by atoms with Crippen molar-refractivity contribution >= 4 is 0 Å². The van der Waals surface area contributed by atoms with Crippen LogP contribution in [0.4, 0.5) is 0 Å². The van der Waals surface area contributed by atoms with Crippen molar-refractivity contribution < 1.29 is 4.74 Å². The van der Waals surface area contributed by atoms with Crippen molar-refractivity contribution in [3.05, 3.63) is 35.4 Å². The fourth-order valence-electron chi connectivity index (χ4n) is 4.79. The molecule has 4 rings (SSSR count). The molecule has 1 aliphatic heterocycles. The molecule has 20 heavy (non-hydrogen) atoms. The molecule has 2 bridgehead atoms. The van der Waals surface area contributed by atoms with Gasteiger partial charge in [-0.1, -0.05) is 31.2 Å². The molecule has 1 spiro atoms. The SMILES string of the molecule is CCC1CNCC2(O1)C1CCC2Cc2ccccc2C1. The summed E-state index contributed by atoms with van der Waals surface area (Å²) in [5, 5.41) is 3.68. The van der Waals surface area contributed by atoms with E-state index < -0.39 is 0 Å². The molecule has 3 unspecified atom stereocenters. The molecule has 108 valence electrons. The predicted octanol–water partition coefficient (Wildman–Crippen LogP) is 2.95. The quantitative estimate of drug-likeness (QED) is 0.848. The van der Waals surface area contributed by atoms with E-state index in [1.54, 1.807) is 11.1 Å². The number of ether oxygens (including phenoxy) is 1. The summed E-state index contributed by atoms with van der Waals surface area (Å²) in [6, 6.07) is 9.05. The minimum Gasteiger partial charge on any atom is -0.369 e. The average Bonchev–Trinajstić information content (AvgIpc) is 2.70. The van der Waals surface area contributed by atoms with Gasteiger partial charge in [-0.15, -0.1) is 0 Å². The molecule has 3 aliphatic rings. The first-order chi connectivity index (χ1) is 9.82. The lowest BCUT2D eigenvalue weighted by molar-refractivity contribution is -0.158. The molecule has 3 atom stereocenters. The molecular formula is C18H25NO. The van der Waals surface area contributed by atoms with Crippen LogP contribution >= 0.6 is 0 Å². The summed E-state index contributed by atoms with van der Waals surface area (Å²) in [6.07, 6.45) is 6.65. The van der Waals surface area contributed by atoms with Crippen molar-refractivity contribution in [2.45, 2.75) is 50.7 Å². The van der Waals surface area contributed by atoms with E-state index in [2.05, 4.69) is 36.5 Å². The van der Waals surface area contributed by atoms with E-state index in [0.717, 1.165) is 19.5 Å². The number of hydrogen-bond donors (Lipinski definition) is 1. The first kappa shape index (κ1) is 12.8. The highest BCUT2D eigenvalue weighted by Gasteiger charge is 2.54. The molecule has 1 heterocycles. The van der Waals surface area contributed by atoms with Gasteiger partial charge in [0, 0.05) is 13.1 Å². The van der Waals surface area contributed by atoms with E-state index >= 15 is 0 Å². The van der Waals surface area contributed by atoms with E-state index in [1.807, 2.05) is 0 Å². The van der Waals surface area contributed by atoms with Crippen LogP contribution in [0.25, 0.3) is 0 Å². The zero-order chi connectivity index (χ0) is 13.6. The lowest BCUT2D eigenvalue weighted by Gasteiger charge is -2.46. The van der Waals surface area contributed by atoms with Gasteiger partial charge in [0.2, 0.25) is 0 Å². The zero-order valence-electron chi connectivity index (χ0n) is 12.4. The number of morpholine rings is 1. The Morgan fingerprint density at radius 3 is 2.40 bits per heavy atom. The molecule has 1 saturated carbocycles. The maximum absolute atomic E-state index is 6.70. The molecule has 0 aromatic heterocycles. The van der Waals surface area contributed by atoms with Gasteiger partial charge in [0.1, 0.15) is 0 Å². The van der Waals surface area contributed by atoms with Crippen LogP contribution in [-0.4, -0.2) is 24.8 Å².